The van der Waals surface area contributed by atoms with Crippen molar-refractivity contribution in [2.24, 2.45) is 4.99 Å². The molecule has 1 aliphatic heterocycles. The average molecular weight is 406 g/mol. The van der Waals surface area contributed by atoms with Crippen LogP contribution in [0.1, 0.15) is 19.0 Å². The maximum absolute atomic E-state index is 12.9. The standard InChI is InChI=1S/C18H19N3O2S3/c1-3-13-11-19-18(25-13)14-10-12-6-4-7-15(17(12)20-14)21(2)26(22,23)16-8-5-9-24-16/h4-10,13,20H,3,11H2,1-2H3. The Morgan fingerprint density at radius 3 is 2.85 bits per heavy atom. The maximum atomic E-state index is 12.9. The van der Waals surface area contributed by atoms with Gasteiger partial charge in [-0.15, -0.1) is 11.3 Å². The number of aromatic nitrogens is 1. The second-order valence-corrected chi connectivity index (χ2v) is 10.6. The number of hydrogen-bond donors (Lipinski definition) is 1. The second kappa shape index (κ2) is 6.75. The first kappa shape index (κ1) is 17.6. The summed E-state index contributed by atoms with van der Waals surface area (Å²) >= 11 is 3.01. The third-order valence-corrected chi connectivity index (χ3v) is 9.02. The Kier molecular flexibility index (Phi) is 4.58. The Labute approximate surface area is 161 Å². The van der Waals surface area contributed by atoms with Crippen molar-refractivity contribution in [3.8, 4) is 0 Å². The van der Waals surface area contributed by atoms with E-state index >= 15 is 0 Å². The van der Waals surface area contributed by atoms with E-state index in [0.29, 0.717) is 15.1 Å². The number of nitrogens with zero attached hydrogens (tertiary/aromatic N) is 2. The molecule has 0 bridgehead atoms. The first-order valence-electron chi connectivity index (χ1n) is 8.36. The molecule has 0 saturated heterocycles. The number of para-hydroxylation sites is 1. The van der Waals surface area contributed by atoms with Crippen LogP contribution >= 0.6 is 23.1 Å². The molecule has 0 fully saturated rings. The number of thioether (sulfide) groups is 1. The van der Waals surface area contributed by atoms with Crippen molar-refractivity contribution < 1.29 is 8.42 Å². The Balaban J connectivity index is 1.75. The largest absolute Gasteiger partial charge is 0.351 e. The van der Waals surface area contributed by atoms with Crippen molar-refractivity contribution in [2.75, 3.05) is 17.9 Å². The summed E-state index contributed by atoms with van der Waals surface area (Å²) in [6, 6.07) is 11.1. The van der Waals surface area contributed by atoms with E-state index in [4.69, 9.17) is 0 Å². The molecule has 0 aliphatic carbocycles. The van der Waals surface area contributed by atoms with Gasteiger partial charge < -0.3 is 4.98 Å². The molecule has 0 radical (unpaired) electrons. The van der Waals surface area contributed by atoms with E-state index in [1.165, 1.54) is 15.6 Å². The van der Waals surface area contributed by atoms with Gasteiger partial charge in [-0.2, -0.15) is 0 Å². The number of rotatable bonds is 5. The molecule has 1 aliphatic rings. The van der Waals surface area contributed by atoms with Crippen molar-refractivity contribution in [2.45, 2.75) is 22.8 Å². The van der Waals surface area contributed by atoms with Gasteiger partial charge in [0.25, 0.3) is 10.0 Å². The lowest BCUT2D eigenvalue weighted by molar-refractivity contribution is 0.596. The Morgan fingerprint density at radius 1 is 1.31 bits per heavy atom. The molecule has 0 amide bonds. The molecule has 1 aromatic carbocycles. The fraction of sp³-hybridized carbons (Fsp3) is 0.278. The lowest BCUT2D eigenvalue weighted by atomic mass is 10.2. The van der Waals surface area contributed by atoms with Gasteiger partial charge in [-0.05, 0) is 30.0 Å². The van der Waals surface area contributed by atoms with Gasteiger partial charge in [0.05, 0.1) is 23.4 Å². The number of hydrogen-bond acceptors (Lipinski definition) is 5. The Hall–Kier alpha value is -1.77. The van der Waals surface area contributed by atoms with Crippen LogP contribution in [0.5, 0.6) is 0 Å². The molecule has 1 unspecified atom stereocenters. The number of H-pyrrole nitrogens is 1. The predicted molar refractivity (Wildman–Crippen MR) is 111 cm³/mol. The molecule has 0 saturated carbocycles. The van der Waals surface area contributed by atoms with Crippen LogP contribution in [0, 0.1) is 0 Å². The van der Waals surface area contributed by atoms with E-state index in [1.807, 2.05) is 24.3 Å². The zero-order valence-corrected chi connectivity index (χ0v) is 16.9. The summed E-state index contributed by atoms with van der Waals surface area (Å²) in [7, 11) is -1.97. The topological polar surface area (TPSA) is 65.5 Å². The predicted octanol–water partition coefficient (Wildman–Crippen LogP) is 4.33. The number of sulfonamides is 1. The zero-order chi connectivity index (χ0) is 18.3. The molecule has 2 aromatic heterocycles. The van der Waals surface area contributed by atoms with E-state index in [0.717, 1.165) is 34.6 Å². The van der Waals surface area contributed by atoms with Gasteiger partial charge in [-0.3, -0.25) is 9.30 Å². The summed E-state index contributed by atoms with van der Waals surface area (Å²) in [4.78, 5) is 8.03. The van der Waals surface area contributed by atoms with Crippen LogP contribution in [0.15, 0.2) is 51.0 Å². The van der Waals surface area contributed by atoms with Crippen LogP contribution in [0.25, 0.3) is 10.9 Å². The number of benzene rings is 1. The number of anilines is 1. The highest BCUT2D eigenvalue weighted by Crippen LogP contribution is 2.34. The third kappa shape index (κ3) is 2.95. The van der Waals surface area contributed by atoms with Crippen molar-refractivity contribution in [3.63, 3.8) is 0 Å². The van der Waals surface area contributed by atoms with Crippen LogP contribution in [0.2, 0.25) is 0 Å². The van der Waals surface area contributed by atoms with Gasteiger partial charge in [0.15, 0.2) is 0 Å². The zero-order valence-electron chi connectivity index (χ0n) is 14.5. The van der Waals surface area contributed by atoms with Gasteiger partial charge in [-0.25, -0.2) is 8.42 Å². The first-order valence-corrected chi connectivity index (χ1v) is 11.6. The van der Waals surface area contributed by atoms with Gasteiger partial charge >= 0.3 is 0 Å². The highest BCUT2D eigenvalue weighted by molar-refractivity contribution is 8.15. The molecule has 3 aromatic rings. The third-order valence-electron chi connectivity index (χ3n) is 4.49. The molecule has 0 spiro atoms. The molecule has 4 rings (SSSR count). The summed E-state index contributed by atoms with van der Waals surface area (Å²) in [5.74, 6) is 0. The van der Waals surface area contributed by atoms with Crippen molar-refractivity contribution in [3.05, 3.63) is 47.5 Å². The van der Waals surface area contributed by atoms with Crippen molar-refractivity contribution in [1.82, 2.24) is 4.98 Å². The van der Waals surface area contributed by atoms with E-state index in [-0.39, 0.29) is 0 Å². The summed E-state index contributed by atoms with van der Waals surface area (Å²) in [6.07, 6.45) is 1.09. The first-order chi connectivity index (χ1) is 12.5. The van der Waals surface area contributed by atoms with Crippen molar-refractivity contribution in [1.29, 1.82) is 0 Å². The quantitative estimate of drug-likeness (QED) is 0.687. The number of aliphatic imine (C=N–C) groups is 1. The fourth-order valence-corrected chi connectivity index (χ4v) is 6.36. The lowest BCUT2D eigenvalue weighted by Gasteiger charge is -2.19. The van der Waals surface area contributed by atoms with Crippen LogP contribution in [0.3, 0.4) is 0 Å². The van der Waals surface area contributed by atoms with Crippen molar-refractivity contribution >= 4 is 54.8 Å². The minimum Gasteiger partial charge on any atom is -0.351 e. The smallest absolute Gasteiger partial charge is 0.273 e. The van der Waals surface area contributed by atoms with Crippen LogP contribution in [-0.4, -0.2) is 37.3 Å². The molecule has 136 valence electrons. The number of thiophene rings is 1. The average Bonchev–Trinajstić information content (AvgIpc) is 3.39. The van der Waals surface area contributed by atoms with Crippen LogP contribution in [-0.2, 0) is 10.0 Å². The van der Waals surface area contributed by atoms with Gasteiger partial charge in [0.1, 0.15) is 9.25 Å². The molecule has 5 nitrogen and oxygen atoms in total. The van der Waals surface area contributed by atoms with Gasteiger partial charge in [-0.1, -0.05) is 36.9 Å². The molecule has 1 N–H and O–H groups in total. The highest BCUT2D eigenvalue weighted by atomic mass is 32.2. The molecular formula is C18H19N3O2S3. The summed E-state index contributed by atoms with van der Waals surface area (Å²) in [5, 5.41) is 4.28. The number of aromatic amines is 1. The summed E-state index contributed by atoms with van der Waals surface area (Å²) < 4.78 is 27.4. The number of fused-ring (bicyclic) bond motifs is 1. The fourth-order valence-electron chi connectivity index (χ4n) is 2.97. The molecule has 1 atom stereocenters. The normalized spacial score (nSPS) is 17.6. The molecule has 8 heteroatoms. The SMILES string of the molecule is CCC1CN=C(c2cc3cccc(N(C)S(=O)(=O)c4cccs4)c3[nH]2)S1. The summed E-state index contributed by atoms with van der Waals surface area (Å²) in [5.41, 5.74) is 2.40. The Bertz CT molecular complexity index is 1070. The van der Waals surface area contributed by atoms with Gasteiger partial charge in [0, 0.05) is 17.7 Å². The lowest BCUT2D eigenvalue weighted by Crippen LogP contribution is -2.26. The minimum atomic E-state index is -3.57. The molecular weight excluding hydrogens is 386 g/mol. The van der Waals surface area contributed by atoms with E-state index in [2.05, 4.69) is 16.9 Å². The minimum absolute atomic E-state index is 0.338. The van der Waals surface area contributed by atoms with Crippen LogP contribution in [0.4, 0.5) is 5.69 Å². The van der Waals surface area contributed by atoms with E-state index < -0.39 is 10.0 Å². The number of nitrogens with one attached hydrogen (secondary N) is 1. The van der Waals surface area contributed by atoms with Crippen LogP contribution < -0.4 is 4.31 Å². The molecule has 3 heterocycles. The molecule has 26 heavy (non-hydrogen) atoms. The van der Waals surface area contributed by atoms with E-state index in [9.17, 15) is 8.42 Å². The maximum Gasteiger partial charge on any atom is 0.273 e. The Morgan fingerprint density at radius 2 is 2.15 bits per heavy atom. The van der Waals surface area contributed by atoms with E-state index in [1.54, 1.807) is 36.3 Å². The monoisotopic (exact) mass is 405 g/mol. The second-order valence-electron chi connectivity index (χ2n) is 6.12. The van der Waals surface area contributed by atoms with Gasteiger partial charge in [0.2, 0.25) is 0 Å². The highest BCUT2D eigenvalue weighted by Gasteiger charge is 2.25. The summed E-state index contributed by atoms with van der Waals surface area (Å²) in [6.45, 7) is 3.01.